The predicted octanol–water partition coefficient (Wildman–Crippen LogP) is 0.999. The summed E-state index contributed by atoms with van der Waals surface area (Å²) >= 11 is 0. The number of aliphatic carboxylic acids is 2. The van der Waals surface area contributed by atoms with Crippen LogP contribution < -0.4 is 10.6 Å². The summed E-state index contributed by atoms with van der Waals surface area (Å²) in [5.41, 5.74) is 0.924. The second-order valence-corrected chi connectivity index (χ2v) is 4.88. The van der Waals surface area contributed by atoms with Crippen molar-refractivity contribution < 1.29 is 45.9 Å². The SMILES string of the molecule is O=C(O)CNC(=O)c1ccccc1.O=C(O)CNC(=O)c1ccccc1.[Ni]. The molecule has 0 bridgehead atoms. The molecule has 4 N–H and O–H groups in total. The first-order chi connectivity index (χ1) is 12.4. The molecule has 0 aromatic heterocycles. The number of carbonyl (C=O) groups excluding carboxylic acids is 2. The van der Waals surface area contributed by atoms with Gasteiger partial charge in [0.2, 0.25) is 0 Å². The number of amides is 2. The van der Waals surface area contributed by atoms with Gasteiger partial charge in [-0.05, 0) is 24.3 Å². The van der Waals surface area contributed by atoms with Crippen LogP contribution in [-0.2, 0) is 26.1 Å². The zero-order chi connectivity index (χ0) is 19.4. The molecule has 0 saturated carbocycles. The molecule has 0 atom stereocenters. The van der Waals surface area contributed by atoms with E-state index in [2.05, 4.69) is 10.6 Å². The van der Waals surface area contributed by atoms with Crippen molar-refractivity contribution in [2.75, 3.05) is 13.1 Å². The molecule has 8 nitrogen and oxygen atoms in total. The van der Waals surface area contributed by atoms with Gasteiger partial charge in [0, 0.05) is 27.6 Å². The molecule has 0 fully saturated rings. The number of nitrogens with one attached hydrogen (secondary N) is 2. The summed E-state index contributed by atoms with van der Waals surface area (Å²) in [6, 6.07) is 16.9. The molecule has 0 radical (unpaired) electrons. The van der Waals surface area contributed by atoms with E-state index in [1.54, 1.807) is 60.7 Å². The Morgan fingerprint density at radius 3 is 1.19 bits per heavy atom. The topological polar surface area (TPSA) is 133 Å². The van der Waals surface area contributed by atoms with Gasteiger partial charge in [0.25, 0.3) is 11.8 Å². The molecule has 0 aliphatic heterocycles. The van der Waals surface area contributed by atoms with Crippen LogP contribution in [0.15, 0.2) is 60.7 Å². The molecule has 27 heavy (non-hydrogen) atoms. The number of carbonyl (C=O) groups is 4. The minimum atomic E-state index is -1.05. The molecule has 0 heterocycles. The summed E-state index contributed by atoms with van der Waals surface area (Å²) in [5.74, 6) is -2.85. The van der Waals surface area contributed by atoms with Gasteiger partial charge in [-0.15, -0.1) is 0 Å². The number of benzene rings is 2. The number of carboxylic acid groups (broad SMARTS) is 2. The maximum atomic E-state index is 11.2. The van der Waals surface area contributed by atoms with Crippen molar-refractivity contribution in [2.24, 2.45) is 0 Å². The molecule has 2 aromatic rings. The quantitative estimate of drug-likeness (QED) is 0.519. The summed E-state index contributed by atoms with van der Waals surface area (Å²) in [5, 5.41) is 21.1. The maximum Gasteiger partial charge on any atom is 0.322 e. The molecular weight excluding hydrogens is 399 g/mol. The third-order valence-electron chi connectivity index (χ3n) is 2.87. The molecule has 0 spiro atoms. The minimum Gasteiger partial charge on any atom is -0.480 e. The van der Waals surface area contributed by atoms with Gasteiger partial charge in [-0.1, -0.05) is 36.4 Å². The molecule has 2 aromatic carbocycles. The molecule has 0 aliphatic carbocycles. The number of rotatable bonds is 6. The first kappa shape index (κ1) is 23.8. The van der Waals surface area contributed by atoms with Crippen molar-refractivity contribution >= 4 is 23.8 Å². The van der Waals surface area contributed by atoms with E-state index in [0.29, 0.717) is 11.1 Å². The molecule has 0 aliphatic rings. The van der Waals surface area contributed by atoms with Crippen LogP contribution >= 0.6 is 0 Å². The Labute approximate surface area is 165 Å². The average Bonchev–Trinajstić information content (AvgIpc) is 2.66. The van der Waals surface area contributed by atoms with E-state index < -0.39 is 11.9 Å². The Morgan fingerprint density at radius 1 is 0.630 bits per heavy atom. The van der Waals surface area contributed by atoms with Gasteiger partial charge in [-0.25, -0.2) is 0 Å². The first-order valence-corrected chi connectivity index (χ1v) is 7.50. The zero-order valence-electron chi connectivity index (χ0n) is 14.0. The summed E-state index contributed by atoms with van der Waals surface area (Å²) in [6.07, 6.45) is 0. The fraction of sp³-hybridized carbons (Fsp3) is 0.111. The standard InChI is InChI=1S/2C9H9NO3.Ni/c2*11-8(12)6-10-9(13)7-4-2-1-3-5-7;/h2*1-5H,6H2,(H,10,13)(H,11,12);. The van der Waals surface area contributed by atoms with Crippen LogP contribution in [0.4, 0.5) is 0 Å². The van der Waals surface area contributed by atoms with Gasteiger partial charge in [0.1, 0.15) is 13.1 Å². The molecule has 146 valence electrons. The van der Waals surface area contributed by atoms with Crippen molar-refractivity contribution in [1.29, 1.82) is 0 Å². The van der Waals surface area contributed by atoms with E-state index in [0.717, 1.165) is 0 Å². The summed E-state index contributed by atoms with van der Waals surface area (Å²) in [4.78, 5) is 42.6. The van der Waals surface area contributed by atoms with E-state index in [-0.39, 0.29) is 41.4 Å². The van der Waals surface area contributed by atoms with Crippen LogP contribution in [0.2, 0.25) is 0 Å². The monoisotopic (exact) mass is 416 g/mol. The van der Waals surface area contributed by atoms with Crippen molar-refractivity contribution in [2.45, 2.75) is 0 Å². The van der Waals surface area contributed by atoms with Crippen molar-refractivity contribution in [1.82, 2.24) is 10.6 Å². The van der Waals surface area contributed by atoms with Gasteiger partial charge in [-0.3, -0.25) is 19.2 Å². The van der Waals surface area contributed by atoms with Gasteiger partial charge < -0.3 is 20.8 Å². The van der Waals surface area contributed by atoms with Crippen LogP contribution in [0.25, 0.3) is 0 Å². The van der Waals surface area contributed by atoms with Crippen LogP contribution in [-0.4, -0.2) is 47.1 Å². The second-order valence-electron chi connectivity index (χ2n) is 4.88. The van der Waals surface area contributed by atoms with Crippen LogP contribution in [0, 0.1) is 0 Å². The zero-order valence-corrected chi connectivity index (χ0v) is 15.0. The van der Waals surface area contributed by atoms with E-state index >= 15 is 0 Å². The number of carboxylic acids is 2. The average molecular weight is 417 g/mol. The fourth-order valence-electron chi connectivity index (χ4n) is 1.69. The Balaban J connectivity index is 0.000000483. The van der Waals surface area contributed by atoms with Crippen molar-refractivity contribution in [3.63, 3.8) is 0 Å². The van der Waals surface area contributed by atoms with E-state index in [1.165, 1.54) is 0 Å². The van der Waals surface area contributed by atoms with Gasteiger partial charge >= 0.3 is 11.9 Å². The van der Waals surface area contributed by atoms with Crippen LogP contribution in [0.1, 0.15) is 20.7 Å². The third-order valence-corrected chi connectivity index (χ3v) is 2.87. The van der Waals surface area contributed by atoms with Crippen LogP contribution in [0.5, 0.6) is 0 Å². The Kier molecular flexibility index (Phi) is 11.5. The Hall–Kier alpha value is -3.19. The molecule has 2 amide bonds. The van der Waals surface area contributed by atoms with Gasteiger partial charge in [-0.2, -0.15) is 0 Å². The third kappa shape index (κ3) is 10.4. The largest absolute Gasteiger partial charge is 0.480 e. The maximum absolute atomic E-state index is 11.2. The predicted molar refractivity (Wildman–Crippen MR) is 92.8 cm³/mol. The smallest absolute Gasteiger partial charge is 0.322 e. The van der Waals surface area contributed by atoms with E-state index in [9.17, 15) is 19.2 Å². The Morgan fingerprint density at radius 2 is 0.926 bits per heavy atom. The molecule has 9 heteroatoms. The van der Waals surface area contributed by atoms with Crippen molar-refractivity contribution in [3.05, 3.63) is 71.8 Å². The number of hydrogen-bond donors (Lipinski definition) is 4. The summed E-state index contributed by atoms with van der Waals surface area (Å²) < 4.78 is 0. The van der Waals surface area contributed by atoms with Gasteiger partial charge in [0.05, 0.1) is 0 Å². The molecule has 2 rings (SSSR count). The van der Waals surface area contributed by atoms with Crippen molar-refractivity contribution in [3.8, 4) is 0 Å². The first-order valence-electron chi connectivity index (χ1n) is 7.50. The van der Waals surface area contributed by atoms with Gasteiger partial charge in [0.15, 0.2) is 0 Å². The normalized spacial score (nSPS) is 8.89. The minimum absolute atomic E-state index is 0. The Bertz CT molecular complexity index is 687. The molecular formula is C18H18N2NiO6. The number of hydrogen-bond acceptors (Lipinski definition) is 4. The van der Waals surface area contributed by atoms with E-state index in [4.69, 9.17) is 10.2 Å². The fourth-order valence-corrected chi connectivity index (χ4v) is 1.69. The van der Waals surface area contributed by atoms with E-state index in [1.807, 2.05) is 0 Å². The molecule has 0 unspecified atom stereocenters. The second kappa shape index (κ2) is 13.1. The summed E-state index contributed by atoms with van der Waals surface area (Å²) in [6.45, 7) is -0.707. The molecule has 0 saturated heterocycles. The summed E-state index contributed by atoms with van der Waals surface area (Å²) in [7, 11) is 0. The van der Waals surface area contributed by atoms with Crippen LogP contribution in [0.3, 0.4) is 0 Å².